The van der Waals surface area contributed by atoms with Crippen LogP contribution in [0.15, 0.2) is 65.7 Å². The molecule has 0 heterocycles. The molecule has 3 rings (SSSR count). The second kappa shape index (κ2) is 7.78. The maximum Gasteiger partial charge on any atom is 0.119 e. The lowest BCUT2D eigenvalue weighted by atomic mass is 10.0. The molecule has 0 amide bonds. The molecule has 0 saturated carbocycles. The van der Waals surface area contributed by atoms with Crippen LogP contribution in [0, 0.1) is 6.92 Å². The van der Waals surface area contributed by atoms with Gasteiger partial charge in [-0.2, -0.15) is 0 Å². The van der Waals surface area contributed by atoms with E-state index in [0.717, 1.165) is 36.4 Å². The minimum Gasteiger partial charge on any atom is -0.494 e. The summed E-state index contributed by atoms with van der Waals surface area (Å²) in [5, 5.41) is 2.44. The Morgan fingerprint density at radius 2 is 1.67 bits per heavy atom. The lowest BCUT2D eigenvalue weighted by Gasteiger charge is -2.06. The van der Waals surface area contributed by atoms with Gasteiger partial charge in [0.1, 0.15) is 5.75 Å². The molecule has 3 aromatic rings. The molecule has 0 aliphatic carbocycles. The highest BCUT2D eigenvalue weighted by Crippen LogP contribution is 2.28. The Labute approximate surface area is 143 Å². The fourth-order valence-corrected chi connectivity index (χ4v) is 2.67. The minimum absolute atomic E-state index is 0.777. The van der Waals surface area contributed by atoms with Crippen molar-refractivity contribution in [3.63, 3.8) is 0 Å². The second-order valence-electron chi connectivity index (χ2n) is 5.98. The number of unbranched alkanes of at least 4 members (excludes halogenated alkanes) is 1. The van der Waals surface area contributed by atoms with Crippen molar-refractivity contribution in [2.45, 2.75) is 26.7 Å². The van der Waals surface area contributed by atoms with Gasteiger partial charge in [0, 0.05) is 11.6 Å². The van der Waals surface area contributed by atoms with Crippen LogP contribution in [0.5, 0.6) is 5.75 Å². The predicted octanol–water partition coefficient (Wildman–Crippen LogP) is 6.08. The van der Waals surface area contributed by atoms with Crippen molar-refractivity contribution >= 4 is 22.7 Å². The highest BCUT2D eigenvalue weighted by atomic mass is 16.5. The topological polar surface area (TPSA) is 21.6 Å². The summed E-state index contributed by atoms with van der Waals surface area (Å²) in [5.74, 6) is 0.918. The number of nitrogens with zero attached hydrogens (tertiary/aromatic N) is 1. The van der Waals surface area contributed by atoms with E-state index in [9.17, 15) is 0 Å². The Kier molecular flexibility index (Phi) is 5.27. The first kappa shape index (κ1) is 16.3. The van der Waals surface area contributed by atoms with Gasteiger partial charge in [0.2, 0.25) is 0 Å². The van der Waals surface area contributed by atoms with Crippen LogP contribution in [0.3, 0.4) is 0 Å². The Balaban J connectivity index is 1.78. The third-order valence-electron chi connectivity index (χ3n) is 4.12. The number of hydrogen-bond donors (Lipinski definition) is 0. The Bertz CT molecular complexity index is 834. The standard InChI is InChI=1S/C22H23NO/c1-3-4-15-24-19-12-10-18(11-13-19)16-23-22-14-9-17(2)20-7-5-6-8-21(20)22/h5-14,16H,3-4,15H2,1-2H3. The summed E-state index contributed by atoms with van der Waals surface area (Å²) in [6.07, 6.45) is 4.14. The molecule has 24 heavy (non-hydrogen) atoms. The average Bonchev–Trinajstić information content (AvgIpc) is 2.63. The maximum absolute atomic E-state index is 5.69. The molecule has 0 spiro atoms. The van der Waals surface area contributed by atoms with Crippen molar-refractivity contribution in [1.29, 1.82) is 0 Å². The lowest BCUT2D eigenvalue weighted by Crippen LogP contribution is -1.96. The van der Waals surface area contributed by atoms with E-state index in [1.165, 1.54) is 16.3 Å². The van der Waals surface area contributed by atoms with E-state index in [4.69, 9.17) is 4.74 Å². The van der Waals surface area contributed by atoms with Crippen molar-refractivity contribution in [2.24, 2.45) is 4.99 Å². The molecule has 2 nitrogen and oxygen atoms in total. The van der Waals surface area contributed by atoms with Gasteiger partial charge in [-0.1, -0.05) is 43.7 Å². The summed E-state index contributed by atoms with van der Waals surface area (Å²) in [6.45, 7) is 5.07. The Morgan fingerprint density at radius 3 is 2.42 bits per heavy atom. The summed E-state index contributed by atoms with van der Waals surface area (Å²) in [4.78, 5) is 4.69. The molecule has 0 N–H and O–H groups in total. The van der Waals surface area contributed by atoms with Crippen LogP contribution >= 0.6 is 0 Å². The number of aryl methyl sites for hydroxylation is 1. The average molecular weight is 317 g/mol. The van der Waals surface area contributed by atoms with Gasteiger partial charge in [-0.15, -0.1) is 0 Å². The van der Waals surface area contributed by atoms with Crippen LogP contribution < -0.4 is 4.74 Å². The van der Waals surface area contributed by atoms with Crippen molar-refractivity contribution in [3.05, 3.63) is 71.8 Å². The normalized spacial score (nSPS) is 11.2. The molecule has 0 atom stereocenters. The van der Waals surface area contributed by atoms with E-state index in [0.29, 0.717) is 0 Å². The fraction of sp³-hybridized carbons (Fsp3) is 0.227. The third-order valence-corrected chi connectivity index (χ3v) is 4.12. The summed E-state index contributed by atoms with van der Waals surface area (Å²) >= 11 is 0. The van der Waals surface area contributed by atoms with Crippen LogP contribution in [0.1, 0.15) is 30.9 Å². The van der Waals surface area contributed by atoms with Crippen molar-refractivity contribution in [1.82, 2.24) is 0 Å². The first-order valence-corrected chi connectivity index (χ1v) is 8.53. The van der Waals surface area contributed by atoms with E-state index < -0.39 is 0 Å². The Morgan fingerprint density at radius 1 is 0.917 bits per heavy atom. The first-order chi connectivity index (χ1) is 11.8. The summed E-state index contributed by atoms with van der Waals surface area (Å²) < 4.78 is 5.69. The minimum atomic E-state index is 0.777. The van der Waals surface area contributed by atoms with Crippen LogP contribution in [-0.4, -0.2) is 12.8 Å². The van der Waals surface area contributed by atoms with Crippen molar-refractivity contribution < 1.29 is 4.74 Å². The highest BCUT2D eigenvalue weighted by molar-refractivity contribution is 5.97. The smallest absolute Gasteiger partial charge is 0.119 e. The quantitative estimate of drug-likeness (QED) is 0.399. The van der Waals surface area contributed by atoms with E-state index >= 15 is 0 Å². The van der Waals surface area contributed by atoms with Gasteiger partial charge in [0.05, 0.1) is 12.3 Å². The molecular weight excluding hydrogens is 294 g/mol. The molecule has 0 aromatic heterocycles. The maximum atomic E-state index is 5.69. The molecule has 0 bridgehead atoms. The van der Waals surface area contributed by atoms with Gasteiger partial charge in [0.15, 0.2) is 0 Å². The van der Waals surface area contributed by atoms with Crippen LogP contribution in [0.25, 0.3) is 10.8 Å². The molecule has 0 saturated heterocycles. The zero-order valence-electron chi connectivity index (χ0n) is 14.3. The largest absolute Gasteiger partial charge is 0.494 e. The molecule has 0 unspecified atom stereocenters. The van der Waals surface area contributed by atoms with Gasteiger partial charge in [0.25, 0.3) is 0 Å². The lowest BCUT2D eigenvalue weighted by molar-refractivity contribution is 0.309. The highest BCUT2D eigenvalue weighted by Gasteiger charge is 2.01. The number of aliphatic imine (C=N–C) groups is 1. The monoisotopic (exact) mass is 317 g/mol. The van der Waals surface area contributed by atoms with Gasteiger partial charge in [-0.05, 0) is 60.2 Å². The number of benzene rings is 3. The van der Waals surface area contributed by atoms with Gasteiger partial charge >= 0.3 is 0 Å². The summed E-state index contributed by atoms with van der Waals surface area (Å²) in [6, 6.07) is 20.7. The summed E-state index contributed by atoms with van der Waals surface area (Å²) in [5.41, 5.74) is 3.35. The predicted molar refractivity (Wildman–Crippen MR) is 103 cm³/mol. The zero-order valence-corrected chi connectivity index (χ0v) is 14.3. The van der Waals surface area contributed by atoms with E-state index in [1.54, 1.807) is 0 Å². The molecule has 122 valence electrons. The van der Waals surface area contributed by atoms with Crippen LogP contribution in [0.2, 0.25) is 0 Å². The SMILES string of the molecule is CCCCOc1ccc(C=Nc2ccc(C)c3ccccc23)cc1. The van der Waals surface area contributed by atoms with E-state index in [2.05, 4.69) is 55.2 Å². The van der Waals surface area contributed by atoms with Gasteiger partial charge in [-0.3, -0.25) is 4.99 Å². The number of ether oxygens (including phenoxy) is 1. The van der Waals surface area contributed by atoms with E-state index in [1.807, 2.05) is 30.5 Å². The molecule has 0 fully saturated rings. The van der Waals surface area contributed by atoms with Crippen molar-refractivity contribution in [3.8, 4) is 5.75 Å². The molecule has 3 aromatic carbocycles. The van der Waals surface area contributed by atoms with Crippen molar-refractivity contribution in [2.75, 3.05) is 6.61 Å². The summed E-state index contributed by atoms with van der Waals surface area (Å²) in [7, 11) is 0. The first-order valence-electron chi connectivity index (χ1n) is 8.53. The number of fused-ring (bicyclic) bond motifs is 1. The number of rotatable bonds is 6. The fourth-order valence-electron chi connectivity index (χ4n) is 2.67. The molecule has 2 heteroatoms. The number of hydrogen-bond acceptors (Lipinski definition) is 2. The Hall–Kier alpha value is -2.61. The molecule has 0 radical (unpaired) electrons. The molecule has 0 aliphatic rings. The molecular formula is C22H23NO. The van der Waals surface area contributed by atoms with Gasteiger partial charge < -0.3 is 4.74 Å². The molecule has 0 aliphatic heterocycles. The van der Waals surface area contributed by atoms with Gasteiger partial charge in [-0.25, -0.2) is 0 Å². The van der Waals surface area contributed by atoms with Crippen LogP contribution in [0.4, 0.5) is 5.69 Å². The second-order valence-corrected chi connectivity index (χ2v) is 5.98. The van der Waals surface area contributed by atoms with E-state index in [-0.39, 0.29) is 0 Å². The van der Waals surface area contributed by atoms with Crippen LogP contribution in [-0.2, 0) is 0 Å². The zero-order chi connectivity index (χ0) is 16.8. The third kappa shape index (κ3) is 3.83.